The standard InChI is InChI=1S/C17H14F2N4O2/c1-10-7-15(16(24)22-14-5-4-11(18)8-13(14)19)23-17(21-10)20-9-12-3-2-6-25-12/h2-8H,9H2,1H3,(H,22,24)(H,20,21,23). The Morgan fingerprint density at radius 3 is 2.76 bits per heavy atom. The van der Waals surface area contributed by atoms with E-state index in [-0.39, 0.29) is 17.3 Å². The molecule has 0 radical (unpaired) electrons. The van der Waals surface area contributed by atoms with Gasteiger partial charge in [-0.25, -0.2) is 18.7 Å². The summed E-state index contributed by atoms with van der Waals surface area (Å²) in [7, 11) is 0. The fourth-order valence-electron chi connectivity index (χ4n) is 2.12. The summed E-state index contributed by atoms with van der Waals surface area (Å²) < 4.78 is 31.8. The van der Waals surface area contributed by atoms with E-state index >= 15 is 0 Å². The predicted molar refractivity (Wildman–Crippen MR) is 87.1 cm³/mol. The monoisotopic (exact) mass is 344 g/mol. The molecule has 0 fully saturated rings. The molecule has 2 N–H and O–H groups in total. The number of carbonyl (C=O) groups excluding carboxylic acids is 1. The molecular formula is C17H14F2N4O2. The van der Waals surface area contributed by atoms with Gasteiger partial charge in [-0.2, -0.15) is 0 Å². The van der Waals surface area contributed by atoms with Crippen molar-refractivity contribution in [3.8, 4) is 0 Å². The van der Waals surface area contributed by atoms with Crippen molar-refractivity contribution in [2.24, 2.45) is 0 Å². The highest BCUT2D eigenvalue weighted by Gasteiger charge is 2.13. The number of carbonyl (C=O) groups is 1. The smallest absolute Gasteiger partial charge is 0.274 e. The quantitative estimate of drug-likeness (QED) is 0.740. The van der Waals surface area contributed by atoms with E-state index in [1.54, 1.807) is 25.3 Å². The number of benzene rings is 1. The molecule has 0 atom stereocenters. The van der Waals surface area contributed by atoms with Crippen molar-refractivity contribution in [2.45, 2.75) is 13.5 Å². The number of nitrogens with zero attached hydrogens (tertiary/aromatic N) is 2. The minimum atomic E-state index is -0.865. The molecule has 3 aromatic rings. The average molecular weight is 344 g/mol. The average Bonchev–Trinajstić information content (AvgIpc) is 3.08. The van der Waals surface area contributed by atoms with E-state index in [1.165, 1.54) is 6.07 Å². The van der Waals surface area contributed by atoms with Crippen molar-refractivity contribution in [3.63, 3.8) is 0 Å². The highest BCUT2D eigenvalue weighted by Crippen LogP contribution is 2.16. The molecule has 6 nitrogen and oxygen atoms in total. The molecule has 0 saturated carbocycles. The molecule has 3 rings (SSSR count). The van der Waals surface area contributed by atoms with Crippen LogP contribution in [0.4, 0.5) is 20.4 Å². The summed E-state index contributed by atoms with van der Waals surface area (Å²) in [4.78, 5) is 20.6. The van der Waals surface area contributed by atoms with Crippen molar-refractivity contribution in [1.82, 2.24) is 9.97 Å². The van der Waals surface area contributed by atoms with Crippen LogP contribution in [-0.4, -0.2) is 15.9 Å². The van der Waals surface area contributed by atoms with Crippen LogP contribution in [0.15, 0.2) is 47.1 Å². The molecule has 0 aliphatic heterocycles. The van der Waals surface area contributed by atoms with Gasteiger partial charge >= 0.3 is 0 Å². The van der Waals surface area contributed by atoms with Crippen LogP contribution in [0.25, 0.3) is 0 Å². The Kier molecular flexibility index (Phi) is 4.69. The topological polar surface area (TPSA) is 80.0 Å². The Labute approximate surface area is 141 Å². The van der Waals surface area contributed by atoms with Crippen LogP contribution >= 0.6 is 0 Å². The summed E-state index contributed by atoms with van der Waals surface area (Å²) in [6, 6.07) is 7.90. The molecular weight excluding hydrogens is 330 g/mol. The van der Waals surface area contributed by atoms with Gasteiger partial charge < -0.3 is 15.1 Å². The van der Waals surface area contributed by atoms with Crippen molar-refractivity contribution >= 4 is 17.5 Å². The molecule has 0 saturated heterocycles. The second-order valence-electron chi connectivity index (χ2n) is 5.23. The number of aromatic nitrogens is 2. The van der Waals surface area contributed by atoms with Gasteiger partial charge in [0.25, 0.3) is 5.91 Å². The van der Waals surface area contributed by atoms with Crippen LogP contribution in [0.3, 0.4) is 0 Å². The van der Waals surface area contributed by atoms with E-state index in [2.05, 4.69) is 20.6 Å². The molecule has 1 aromatic carbocycles. The number of hydrogen-bond acceptors (Lipinski definition) is 5. The van der Waals surface area contributed by atoms with E-state index in [0.717, 1.165) is 12.1 Å². The van der Waals surface area contributed by atoms with Crippen LogP contribution in [-0.2, 0) is 6.54 Å². The number of furan rings is 1. The molecule has 8 heteroatoms. The number of amides is 1. The van der Waals surface area contributed by atoms with Crippen molar-refractivity contribution in [3.05, 3.63) is 71.4 Å². The van der Waals surface area contributed by atoms with Gasteiger partial charge in [0.05, 0.1) is 18.5 Å². The Morgan fingerprint density at radius 1 is 1.20 bits per heavy atom. The summed E-state index contributed by atoms with van der Waals surface area (Å²) in [5.41, 5.74) is 0.479. The van der Waals surface area contributed by atoms with Crippen LogP contribution in [0, 0.1) is 18.6 Å². The van der Waals surface area contributed by atoms with E-state index < -0.39 is 17.5 Å². The van der Waals surface area contributed by atoms with E-state index in [9.17, 15) is 13.6 Å². The van der Waals surface area contributed by atoms with Gasteiger partial charge in [-0.05, 0) is 37.3 Å². The van der Waals surface area contributed by atoms with Crippen molar-refractivity contribution in [2.75, 3.05) is 10.6 Å². The van der Waals surface area contributed by atoms with Crippen LogP contribution in [0.1, 0.15) is 21.9 Å². The minimum Gasteiger partial charge on any atom is -0.467 e. The molecule has 128 valence electrons. The number of anilines is 2. The number of nitrogens with one attached hydrogen (secondary N) is 2. The Hall–Kier alpha value is -3.29. The normalized spacial score (nSPS) is 10.5. The van der Waals surface area contributed by atoms with Gasteiger partial charge in [0.15, 0.2) is 0 Å². The van der Waals surface area contributed by atoms with E-state index in [0.29, 0.717) is 24.1 Å². The fraction of sp³-hybridized carbons (Fsp3) is 0.118. The predicted octanol–water partition coefficient (Wildman–Crippen LogP) is 3.52. The highest BCUT2D eigenvalue weighted by molar-refractivity contribution is 6.03. The molecule has 0 unspecified atom stereocenters. The zero-order chi connectivity index (χ0) is 17.8. The lowest BCUT2D eigenvalue weighted by atomic mass is 10.2. The first-order chi connectivity index (χ1) is 12.0. The summed E-state index contributed by atoms with van der Waals surface area (Å²) in [5.74, 6) is -1.30. The largest absolute Gasteiger partial charge is 0.467 e. The van der Waals surface area contributed by atoms with Crippen LogP contribution in [0.5, 0.6) is 0 Å². The highest BCUT2D eigenvalue weighted by atomic mass is 19.1. The Balaban J connectivity index is 1.75. The lowest BCUT2D eigenvalue weighted by Gasteiger charge is -2.09. The molecule has 0 spiro atoms. The molecule has 2 heterocycles. The third kappa shape index (κ3) is 4.17. The molecule has 1 amide bonds. The zero-order valence-electron chi connectivity index (χ0n) is 13.2. The number of aryl methyl sites for hydroxylation is 1. The van der Waals surface area contributed by atoms with Crippen molar-refractivity contribution in [1.29, 1.82) is 0 Å². The number of halogens is 2. The third-order valence-electron chi connectivity index (χ3n) is 3.27. The van der Waals surface area contributed by atoms with Gasteiger partial charge in [0.1, 0.15) is 23.1 Å². The van der Waals surface area contributed by atoms with Gasteiger partial charge in [-0.3, -0.25) is 4.79 Å². The number of rotatable bonds is 5. The fourth-order valence-corrected chi connectivity index (χ4v) is 2.12. The van der Waals surface area contributed by atoms with Crippen LogP contribution < -0.4 is 10.6 Å². The molecule has 0 aliphatic carbocycles. The first-order valence-corrected chi connectivity index (χ1v) is 7.39. The van der Waals surface area contributed by atoms with Gasteiger partial charge in [0, 0.05) is 11.8 Å². The molecule has 0 aliphatic rings. The molecule has 2 aromatic heterocycles. The van der Waals surface area contributed by atoms with E-state index in [4.69, 9.17) is 4.42 Å². The Bertz CT molecular complexity index is 898. The maximum atomic E-state index is 13.7. The van der Waals surface area contributed by atoms with Crippen molar-refractivity contribution < 1.29 is 18.0 Å². The molecule has 0 bridgehead atoms. The number of hydrogen-bond donors (Lipinski definition) is 2. The van der Waals surface area contributed by atoms with Gasteiger partial charge in [-0.1, -0.05) is 0 Å². The maximum Gasteiger partial charge on any atom is 0.274 e. The lowest BCUT2D eigenvalue weighted by Crippen LogP contribution is -2.17. The summed E-state index contributed by atoms with van der Waals surface area (Å²) in [6.45, 7) is 2.05. The zero-order valence-corrected chi connectivity index (χ0v) is 13.2. The Morgan fingerprint density at radius 2 is 2.04 bits per heavy atom. The maximum absolute atomic E-state index is 13.7. The van der Waals surface area contributed by atoms with Gasteiger partial charge in [0.2, 0.25) is 5.95 Å². The first-order valence-electron chi connectivity index (χ1n) is 7.39. The molecule has 25 heavy (non-hydrogen) atoms. The second kappa shape index (κ2) is 7.08. The second-order valence-corrected chi connectivity index (χ2v) is 5.23. The lowest BCUT2D eigenvalue weighted by molar-refractivity contribution is 0.102. The third-order valence-corrected chi connectivity index (χ3v) is 3.27. The summed E-state index contributed by atoms with van der Waals surface area (Å²) in [6.07, 6.45) is 1.55. The summed E-state index contributed by atoms with van der Waals surface area (Å²) in [5, 5.41) is 5.31. The minimum absolute atomic E-state index is 0.0539. The SMILES string of the molecule is Cc1cc(C(=O)Nc2ccc(F)cc2F)nc(NCc2ccco2)n1. The summed E-state index contributed by atoms with van der Waals surface area (Å²) >= 11 is 0. The van der Waals surface area contributed by atoms with E-state index in [1.807, 2.05) is 0 Å². The van der Waals surface area contributed by atoms with Gasteiger partial charge in [-0.15, -0.1) is 0 Å². The first kappa shape index (κ1) is 16.6. The van der Waals surface area contributed by atoms with Crippen LogP contribution in [0.2, 0.25) is 0 Å².